The Morgan fingerprint density at radius 2 is 1.89 bits per heavy atom. The number of halogens is 1. The third-order valence-corrected chi connectivity index (χ3v) is 4.47. The predicted molar refractivity (Wildman–Crippen MR) is 96.8 cm³/mol. The fourth-order valence-corrected chi connectivity index (χ4v) is 3.06. The van der Waals surface area contributed by atoms with Gasteiger partial charge in [0.1, 0.15) is 11.3 Å². The Balaban J connectivity index is 1.92. The number of ether oxygens (including phenoxy) is 2. The topological polar surface area (TPSA) is 116 Å². The second-order valence-corrected chi connectivity index (χ2v) is 6.33. The number of non-ortho nitro benzene ring substituents is 1. The molecule has 1 heterocycles. The highest BCUT2D eigenvalue weighted by Gasteiger charge is 2.30. The summed E-state index contributed by atoms with van der Waals surface area (Å²) in [5.41, 5.74) is -1.33. The van der Waals surface area contributed by atoms with E-state index in [0.717, 1.165) is 18.9 Å². The summed E-state index contributed by atoms with van der Waals surface area (Å²) in [6.07, 6.45) is 1.50. The molecule has 1 aromatic heterocycles. The number of H-pyrrole nitrogens is 1. The van der Waals surface area contributed by atoms with E-state index >= 15 is 0 Å². The molecular weight excluding hydrogens is 373 g/mol. The van der Waals surface area contributed by atoms with Crippen molar-refractivity contribution in [2.45, 2.75) is 18.9 Å². The molecule has 1 aliphatic carbocycles. The summed E-state index contributed by atoms with van der Waals surface area (Å²) in [5, 5.41) is 10.7. The van der Waals surface area contributed by atoms with Gasteiger partial charge in [-0.25, -0.2) is 9.18 Å². The number of nitrogens with one attached hydrogen (secondary N) is 1. The molecule has 9 nitrogen and oxygen atoms in total. The lowest BCUT2D eigenvalue weighted by atomic mass is 10.2. The van der Waals surface area contributed by atoms with E-state index in [1.807, 2.05) is 0 Å². The van der Waals surface area contributed by atoms with E-state index in [-0.39, 0.29) is 39.9 Å². The van der Waals surface area contributed by atoms with E-state index in [9.17, 15) is 24.1 Å². The number of nitro benzene ring substituents is 1. The first-order valence-electron chi connectivity index (χ1n) is 8.38. The molecule has 0 spiro atoms. The molecule has 0 amide bonds. The van der Waals surface area contributed by atoms with Gasteiger partial charge in [-0.3, -0.25) is 24.5 Å². The first-order chi connectivity index (χ1) is 13.4. The van der Waals surface area contributed by atoms with E-state index < -0.39 is 22.0 Å². The fourth-order valence-electron chi connectivity index (χ4n) is 3.06. The molecule has 3 aromatic rings. The Kier molecular flexibility index (Phi) is 4.10. The number of hydrogen-bond donors (Lipinski definition) is 1. The van der Waals surface area contributed by atoms with Crippen LogP contribution in [-0.4, -0.2) is 21.6 Å². The molecule has 144 valence electrons. The molecule has 0 saturated heterocycles. The Hall–Kier alpha value is -3.69. The van der Waals surface area contributed by atoms with Crippen molar-refractivity contribution in [3.8, 4) is 17.2 Å². The first-order valence-corrected chi connectivity index (χ1v) is 8.38. The van der Waals surface area contributed by atoms with Crippen LogP contribution in [0.5, 0.6) is 17.2 Å². The number of fused-ring (bicyclic) bond motifs is 1. The molecule has 4 rings (SSSR count). The summed E-state index contributed by atoms with van der Waals surface area (Å²) in [6, 6.07) is 5.92. The van der Waals surface area contributed by atoms with Crippen LogP contribution in [-0.2, 0) is 0 Å². The highest BCUT2D eigenvalue weighted by Crippen LogP contribution is 2.43. The summed E-state index contributed by atoms with van der Waals surface area (Å²) >= 11 is 0. The van der Waals surface area contributed by atoms with Gasteiger partial charge in [0.25, 0.3) is 11.2 Å². The predicted octanol–water partition coefficient (Wildman–Crippen LogP) is 2.87. The van der Waals surface area contributed by atoms with Crippen LogP contribution in [0.15, 0.2) is 39.9 Å². The van der Waals surface area contributed by atoms with Gasteiger partial charge in [0.2, 0.25) is 5.75 Å². The molecule has 1 fully saturated rings. The summed E-state index contributed by atoms with van der Waals surface area (Å²) in [6.45, 7) is 0. The van der Waals surface area contributed by atoms with Gasteiger partial charge in [-0.05, 0) is 31.0 Å². The lowest BCUT2D eigenvalue weighted by molar-refractivity contribution is -0.384. The lowest BCUT2D eigenvalue weighted by Crippen LogP contribution is -2.30. The molecule has 0 radical (unpaired) electrons. The van der Waals surface area contributed by atoms with Gasteiger partial charge < -0.3 is 9.47 Å². The monoisotopic (exact) mass is 387 g/mol. The maximum atomic E-state index is 14.7. The van der Waals surface area contributed by atoms with Gasteiger partial charge in [0.05, 0.1) is 17.4 Å². The fraction of sp³-hybridized carbons (Fsp3) is 0.222. The van der Waals surface area contributed by atoms with Crippen LogP contribution in [0.25, 0.3) is 10.9 Å². The van der Waals surface area contributed by atoms with Crippen LogP contribution in [0.1, 0.15) is 18.9 Å². The van der Waals surface area contributed by atoms with Crippen molar-refractivity contribution < 1.29 is 18.8 Å². The van der Waals surface area contributed by atoms with Crippen molar-refractivity contribution in [1.29, 1.82) is 0 Å². The number of benzene rings is 2. The highest BCUT2D eigenvalue weighted by atomic mass is 19.1. The standard InChI is InChI=1S/C18H14FN3O6/c1-27-16-14-12(17(23)20-18(24)21(14)9-2-3-9)8-13(19)15(16)28-11-6-4-10(5-7-11)22(25)26/h4-9H,2-3H2,1H3,(H,20,23,24). The van der Waals surface area contributed by atoms with Crippen LogP contribution in [0, 0.1) is 15.9 Å². The zero-order chi connectivity index (χ0) is 20.0. The smallest absolute Gasteiger partial charge is 0.329 e. The van der Waals surface area contributed by atoms with Gasteiger partial charge in [0.15, 0.2) is 11.6 Å². The van der Waals surface area contributed by atoms with E-state index in [0.29, 0.717) is 0 Å². The van der Waals surface area contributed by atoms with Crippen molar-refractivity contribution in [3.63, 3.8) is 0 Å². The van der Waals surface area contributed by atoms with Crippen LogP contribution in [0.4, 0.5) is 10.1 Å². The second kappa shape index (κ2) is 6.48. The number of methoxy groups -OCH3 is 1. The van der Waals surface area contributed by atoms with Crippen LogP contribution < -0.4 is 20.7 Å². The number of aromatic nitrogens is 2. The molecule has 0 unspecified atom stereocenters. The van der Waals surface area contributed by atoms with Gasteiger partial charge >= 0.3 is 5.69 Å². The number of nitro groups is 1. The SMILES string of the molecule is COc1c(Oc2ccc([N+](=O)[O-])cc2)c(F)cc2c(=O)[nH]c(=O)n(C3CC3)c12. The minimum Gasteiger partial charge on any atom is -0.491 e. The van der Waals surface area contributed by atoms with Gasteiger partial charge in [0, 0.05) is 18.2 Å². The molecule has 1 N–H and O–H groups in total. The number of rotatable bonds is 5. The molecule has 0 atom stereocenters. The van der Waals surface area contributed by atoms with E-state index in [2.05, 4.69) is 4.98 Å². The molecule has 1 saturated carbocycles. The summed E-state index contributed by atoms with van der Waals surface area (Å²) in [5.74, 6) is -1.15. The minimum atomic E-state index is -0.866. The van der Waals surface area contributed by atoms with E-state index in [1.54, 1.807) is 0 Å². The summed E-state index contributed by atoms with van der Waals surface area (Å²) in [7, 11) is 1.28. The first kappa shape index (κ1) is 17.7. The molecule has 2 aromatic carbocycles. The minimum absolute atomic E-state index is 0.0306. The van der Waals surface area contributed by atoms with Crippen molar-refractivity contribution >= 4 is 16.6 Å². The second-order valence-electron chi connectivity index (χ2n) is 6.33. The summed E-state index contributed by atoms with van der Waals surface area (Å²) in [4.78, 5) is 36.9. The maximum absolute atomic E-state index is 14.7. The normalized spacial score (nSPS) is 13.5. The molecular formula is C18H14FN3O6. The van der Waals surface area contributed by atoms with Gasteiger partial charge in [-0.15, -0.1) is 0 Å². The third-order valence-electron chi connectivity index (χ3n) is 4.47. The highest BCUT2D eigenvalue weighted by molar-refractivity contribution is 5.87. The van der Waals surface area contributed by atoms with Crippen molar-refractivity contribution in [2.24, 2.45) is 0 Å². The van der Waals surface area contributed by atoms with E-state index in [1.165, 1.54) is 35.9 Å². The Labute approximate surface area is 156 Å². The average Bonchev–Trinajstić information content (AvgIpc) is 3.48. The average molecular weight is 387 g/mol. The van der Waals surface area contributed by atoms with Crippen LogP contribution >= 0.6 is 0 Å². The maximum Gasteiger partial charge on any atom is 0.329 e. The van der Waals surface area contributed by atoms with Crippen molar-refractivity contribution in [3.05, 3.63) is 67.1 Å². The lowest BCUT2D eigenvalue weighted by Gasteiger charge is -2.16. The molecule has 0 aliphatic heterocycles. The summed E-state index contributed by atoms with van der Waals surface area (Å²) < 4.78 is 27.0. The largest absolute Gasteiger partial charge is 0.491 e. The van der Waals surface area contributed by atoms with E-state index in [4.69, 9.17) is 9.47 Å². The third kappa shape index (κ3) is 2.88. The Morgan fingerprint density at radius 3 is 2.46 bits per heavy atom. The molecule has 28 heavy (non-hydrogen) atoms. The van der Waals surface area contributed by atoms with Gasteiger partial charge in [-0.2, -0.15) is 0 Å². The zero-order valence-electron chi connectivity index (χ0n) is 14.6. The van der Waals surface area contributed by atoms with Crippen LogP contribution in [0.2, 0.25) is 0 Å². The van der Waals surface area contributed by atoms with Crippen molar-refractivity contribution in [2.75, 3.05) is 7.11 Å². The Morgan fingerprint density at radius 1 is 1.21 bits per heavy atom. The number of aromatic amines is 1. The zero-order valence-corrected chi connectivity index (χ0v) is 14.6. The number of nitrogens with zero attached hydrogens (tertiary/aromatic N) is 2. The molecule has 10 heteroatoms. The quantitative estimate of drug-likeness (QED) is 0.531. The number of hydrogen-bond acceptors (Lipinski definition) is 6. The van der Waals surface area contributed by atoms with Gasteiger partial charge in [-0.1, -0.05) is 0 Å². The van der Waals surface area contributed by atoms with Crippen molar-refractivity contribution in [1.82, 2.24) is 9.55 Å². The Bertz CT molecular complexity index is 1210. The molecule has 0 bridgehead atoms. The van der Waals surface area contributed by atoms with Crippen LogP contribution in [0.3, 0.4) is 0 Å². The molecule has 1 aliphatic rings.